The minimum atomic E-state index is -0.562. The Kier molecular flexibility index (Phi) is 6.70. The molecule has 36 heavy (non-hydrogen) atoms. The lowest BCUT2D eigenvalue weighted by Gasteiger charge is -2.35. The van der Waals surface area contributed by atoms with Gasteiger partial charge in [0, 0.05) is 23.2 Å². The number of nitrogens with zero attached hydrogens (tertiary/aromatic N) is 6. The monoisotopic (exact) mass is 487 g/mol. The molecule has 1 saturated heterocycles. The Balaban J connectivity index is 1.41. The Hall–Kier alpha value is -3.77. The fourth-order valence-electron chi connectivity index (χ4n) is 4.89. The van der Waals surface area contributed by atoms with Crippen LogP contribution in [0.3, 0.4) is 0 Å². The largest absolute Gasteiger partial charge is 0.488 e. The highest BCUT2D eigenvalue weighted by Crippen LogP contribution is 2.40. The molecule has 0 atom stereocenters. The van der Waals surface area contributed by atoms with Crippen molar-refractivity contribution in [3.05, 3.63) is 53.7 Å². The first-order valence-corrected chi connectivity index (χ1v) is 12.3. The van der Waals surface area contributed by atoms with E-state index < -0.39 is 5.82 Å². The van der Waals surface area contributed by atoms with E-state index in [1.165, 1.54) is 0 Å². The van der Waals surface area contributed by atoms with Crippen molar-refractivity contribution in [2.45, 2.75) is 38.6 Å². The summed E-state index contributed by atoms with van der Waals surface area (Å²) in [7, 11) is 2.15. The molecule has 186 valence electrons. The van der Waals surface area contributed by atoms with Crippen molar-refractivity contribution in [2.75, 3.05) is 43.5 Å². The highest BCUT2D eigenvalue weighted by atomic mass is 19.1. The normalized spacial score (nSPS) is 16.4. The van der Waals surface area contributed by atoms with Gasteiger partial charge in [0.15, 0.2) is 11.6 Å². The Morgan fingerprint density at radius 1 is 1.14 bits per heavy atom. The average molecular weight is 488 g/mol. The summed E-state index contributed by atoms with van der Waals surface area (Å²) in [4.78, 5) is 17.7. The van der Waals surface area contributed by atoms with Gasteiger partial charge in [-0.05, 0) is 71.1 Å². The van der Waals surface area contributed by atoms with Gasteiger partial charge in [-0.15, -0.1) is 0 Å². The van der Waals surface area contributed by atoms with E-state index in [1.54, 1.807) is 12.3 Å². The maximum Gasteiger partial charge on any atom is 0.227 e. The molecule has 9 heteroatoms. The number of hydrogen-bond donors (Lipinski definition) is 1. The van der Waals surface area contributed by atoms with Gasteiger partial charge in [-0.3, -0.25) is 4.98 Å². The Bertz CT molecular complexity index is 1280. The Labute approximate surface area is 210 Å². The van der Waals surface area contributed by atoms with Crippen molar-refractivity contribution in [1.29, 1.82) is 5.26 Å². The van der Waals surface area contributed by atoms with E-state index in [-0.39, 0.29) is 17.7 Å². The van der Waals surface area contributed by atoms with Gasteiger partial charge in [-0.1, -0.05) is 0 Å². The molecule has 1 aromatic carbocycles. The number of hydrogen-bond acceptors (Lipinski definition) is 8. The van der Waals surface area contributed by atoms with E-state index in [0.717, 1.165) is 49.2 Å². The van der Waals surface area contributed by atoms with Gasteiger partial charge < -0.3 is 19.9 Å². The summed E-state index contributed by atoms with van der Waals surface area (Å²) >= 11 is 0. The van der Waals surface area contributed by atoms with Crippen molar-refractivity contribution in [3.63, 3.8) is 0 Å². The molecule has 0 saturated carbocycles. The van der Waals surface area contributed by atoms with Crippen LogP contribution >= 0.6 is 0 Å². The highest BCUT2D eigenvalue weighted by molar-refractivity contribution is 5.76. The third-order valence-electron chi connectivity index (χ3n) is 6.90. The van der Waals surface area contributed by atoms with Crippen molar-refractivity contribution in [1.82, 2.24) is 19.9 Å². The molecule has 0 unspecified atom stereocenters. The van der Waals surface area contributed by atoms with Crippen LogP contribution in [-0.4, -0.2) is 59.2 Å². The first-order valence-electron chi connectivity index (χ1n) is 12.3. The average Bonchev–Trinajstić information content (AvgIpc) is 2.89. The fourth-order valence-corrected chi connectivity index (χ4v) is 4.89. The van der Waals surface area contributed by atoms with Crippen LogP contribution in [0.5, 0.6) is 5.75 Å². The molecular weight excluding hydrogens is 457 g/mol. The van der Waals surface area contributed by atoms with Crippen LogP contribution in [-0.2, 0) is 0 Å². The summed E-state index contributed by atoms with van der Waals surface area (Å²) in [5.41, 5.74) is 3.56. The lowest BCUT2D eigenvalue weighted by atomic mass is 9.93. The second kappa shape index (κ2) is 10.1. The van der Waals surface area contributed by atoms with Crippen LogP contribution in [0.15, 0.2) is 36.7 Å². The van der Waals surface area contributed by atoms with E-state index in [0.29, 0.717) is 35.9 Å². The number of pyridine rings is 1. The molecule has 0 bridgehead atoms. The standard InChI is InChI=1S/C27H30FN7O/c1-17(2)35-10-11-36-26-20(14-29)12-19(13-24(26)35)25-22(28)16-31-27(33-25)32-21-4-5-23(30-15-21)18-6-8-34(3)9-7-18/h4-5,12-13,15-18H,6-11H2,1-3H3,(H,31,32,33). The molecule has 1 fully saturated rings. The van der Waals surface area contributed by atoms with Crippen LogP contribution in [0.25, 0.3) is 11.3 Å². The fraction of sp³-hybridized carbons (Fsp3) is 0.407. The first kappa shape index (κ1) is 23.9. The van der Waals surface area contributed by atoms with Crippen LogP contribution < -0.4 is 15.0 Å². The molecule has 2 aliphatic rings. The van der Waals surface area contributed by atoms with Crippen molar-refractivity contribution < 1.29 is 9.13 Å². The summed E-state index contributed by atoms with van der Waals surface area (Å²) in [5.74, 6) is 0.697. The first-order chi connectivity index (χ1) is 17.4. The molecule has 0 amide bonds. The zero-order chi connectivity index (χ0) is 25.2. The number of ether oxygens (including phenoxy) is 1. The number of nitrogens with one attached hydrogen (secondary N) is 1. The van der Waals surface area contributed by atoms with Gasteiger partial charge in [0.2, 0.25) is 5.95 Å². The molecule has 2 aromatic heterocycles. The van der Waals surface area contributed by atoms with Gasteiger partial charge >= 0.3 is 0 Å². The molecule has 4 heterocycles. The minimum absolute atomic E-state index is 0.122. The quantitative estimate of drug-likeness (QED) is 0.553. The highest BCUT2D eigenvalue weighted by Gasteiger charge is 2.25. The van der Waals surface area contributed by atoms with E-state index in [9.17, 15) is 9.65 Å². The summed E-state index contributed by atoms with van der Waals surface area (Å²) in [6.45, 7) is 7.50. The number of fused-ring (bicyclic) bond motifs is 1. The number of halogens is 1. The third-order valence-corrected chi connectivity index (χ3v) is 6.90. The van der Waals surface area contributed by atoms with Crippen molar-refractivity contribution in [3.8, 4) is 23.1 Å². The number of rotatable bonds is 5. The zero-order valence-corrected chi connectivity index (χ0v) is 20.8. The zero-order valence-electron chi connectivity index (χ0n) is 20.8. The third kappa shape index (κ3) is 4.82. The number of anilines is 3. The molecule has 2 aliphatic heterocycles. The molecule has 0 radical (unpaired) electrons. The molecule has 0 spiro atoms. The summed E-state index contributed by atoms with van der Waals surface area (Å²) in [6.07, 6.45) is 5.12. The van der Waals surface area contributed by atoms with Gasteiger partial charge in [0.1, 0.15) is 18.4 Å². The SMILES string of the molecule is CC(C)N1CCOc2c(C#N)cc(-c3nc(Nc4ccc(C5CCN(C)CC5)nc4)ncc3F)cc21. The minimum Gasteiger partial charge on any atom is -0.488 e. The summed E-state index contributed by atoms with van der Waals surface area (Å²) < 4.78 is 20.7. The van der Waals surface area contributed by atoms with Gasteiger partial charge in [-0.2, -0.15) is 5.26 Å². The summed E-state index contributed by atoms with van der Waals surface area (Å²) in [5, 5.41) is 12.9. The lowest BCUT2D eigenvalue weighted by Crippen LogP contribution is -2.38. The van der Waals surface area contributed by atoms with Gasteiger partial charge in [0.05, 0.1) is 35.9 Å². The number of piperidine rings is 1. The number of benzene rings is 1. The lowest BCUT2D eigenvalue weighted by molar-refractivity contribution is 0.253. The van der Waals surface area contributed by atoms with Gasteiger partial charge in [-0.25, -0.2) is 14.4 Å². The number of aromatic nitrogens is 3. The van der Waals surface area contributed by atoms with Crippen LogP contribution in [0, 0.1) is 17.1 Å². The van der Waals surface area contributed by atoms with E-state index >= 15 is 0 Å². The number of likely N-dealkylation sites (tertiary alicyclic amines) is 1. The maximum atomic E-state index is 14.9. The van der Waals surface area contributed by atoms with Gasteiger partial charge in [0.25, 0.3) is 0 Å². The van der Waals surface area contributed by atoms with Crippen LogP contribution in [0.1, 0.15) is 43.9 Å². The van der Waals surface area contributed by atoms with Crippen molar-refractivity contribution >= 4 is 17.3 Å². The maximum absolute atomic E-state index is 14.9. The predicted molar refractivity (Wildman–Crippen MR) is 137 cm³/mol. The topological polar surface area (TPSA) is 90.2 Å². The smallest absolute Gasteiger partial charge is 0.227 e. The van der Waals surface area contributed by atoms with Crippen LogP contribution in [0.2, 0.25) is 0 Å². The predicted octanol–water partition coefficient (Wildman–Crippen LogP) is 4.71. The molecule has 3 aromatic rings. The Morgan fingerprint density at radius 2 is 1.94 bits per heavy atom. The second-order valence-corrected chi connectivity index (χ2v) is 9.68. The van der Waals surface area contributed by atoms with E-state index in [4.69, 9.17) is 4.74 Å². The molecule has 5 rings (SSSR count). The Morgan fingerprint density at radius 3 is 2.64 bits per heavy atom. The second-order valence-electron chi connectivity index (χ2n) is 9.68. The van der Waals surface area contributed by atoms with E-state index in [2.05, 4.69) is 57.0 Å². The van der Waals surface area contributed by atoms with Crippen molar-refractivity contribution in [2.24, 2.45) is 0 Å². The molecular formula is C27H30FN7O. The van der Waals surface area contributed by atoms with E-state index in [1.807, 2.05) is 18.2 Å². The van der Waals surface area contributed by atoms with Crippen LogP contribution in [0.4, 0.5) is 21.7 Å². The molecule has 0 aliphatic carbocycles. The molecule has 1 N–H and O–H groups in total. The summed E-state index contributed by atoms with van der Waals surface area (Å²) in [6, 6.07) is 9.84. The molecule has 8 nitrogen and oxygen atoms in total. The number of nitriles is 1.